The summed E-state index contributed by atoms with van der Waals surface area (Å²) in [5.74, 6) is -4.17. The lowest BCUT2D eigenvalue weighted by atomic mass is 9.82. The van der Waals surface area contributed by atoms with Crippen LogP contribution in [0.15, 0.2) is 36.4 Å². The third-order valence-corrected chi connectivity index (χ3v) is 4.46. The summed E-state index contributed by atoms with van der Waals surface area (Å²) in [6.45, 7) is 0. The van der Waals surface area contributed by atoms with Crippen LogP contribution in [-0.2, 0) is 9.59 Å². The van der Waals surface area contributed by atoms with Crippen molar-refractivity contribution in [2.45, 2.75) is 6.42 Å². The first-order chi connectivity index (χ1) is 10.5. The molecular weight excluding hydrogens is 286 g/mol. The van der Waals surface area contributed by atoms with Gasteiger partial charge in [-0.1, -0.05) is 24.3 Å². The molecule has 4 atom stereocenters. The molecule has 0 heterocycles. The Balaban J connectivity index is 1.85. The van der Waals surface area contributed by atoms with Crippen LogP contribution >= 0.6 is 0 Å². The van der Waals surface area contributed by atoms with Crippen molar-refractivity contribution in [2.24, 2.45) is 23.7 Å². The zero-order valence-corrected chi connectivity index (χ0v) is 11.6. The highest BCUT2D eigenvalue weighted by Crippen LogP contribution is 2.48. The van der Waals surface area contributed by atoms with Crippen LogP contribution in [0.25, 0.3) is 0 Å². The number of anilines is 1. The lowest BCUT2D eigenvalue weighted by molar-refractivity contribution is -0.146. The van der Waals surface area contributed by atoms with Gasteiger partial charge in [0.2, 0.25) is 5.91 Å². The van der Waals surface area contributed by atoms with Gasteiger partial charge in [-0.15, -0.1) is 0 Å². The van der Waals surface area contributed by atoms with Gasteiger partial charge in [0.15, 0.2) is 0 Å². The highest BCUT2D eigenvalue weighted by molar-refractivity contribution is 6.02. The van der Waals surface area contributed by atoms with Crippen molar-refractivity contribution in [3.63, 3.8) is 0 Å². The van der Waals surface area contributed by atoms with E-state index in [4.69, 9.17) is 5.11 Å². The molecule has 114 valence electrons. The lowest BCUT2D eigenvalue weighted by Crippen LogP contribution is -2.36. The van der Waals surface area contributed by atoms with E-state index >= 15 is 0 Å². The first-order valence-electron chi connectivity index (χ1n) is 7.03. The molecule has 2 aliphatic carbocycles. The van der Waals surface area contributed by atoms with Crippen LogP contribution in [-0.4, -0.2) is 28.1 Å². The summed E-state index contributed by atoms with van der Waals surface area (Å²) < 4.78 is 0. The number of allylic oxidation sites excluding steroid dienone is 2. The van der Waals surface area contributed by atoms with Crippen molar-refractivity contribution in [3.8, 4) is 0 Å². The molecular formula is C16H15NO5. The molecule has 1 aromatic rings. The number of carboxylic acids is 2. The van der Waals surface area contributed by atoms with Gasteiger partial charge >= 0.3 is 11.9 Å². The molecule has 2 aliphatic rings. The Kier molecular flexibility index (Phi) is 3.44. The van der Waals surface area contributed by atoms with Crippen LogP contribution in [0.4, 0.5) is 5.69 Å². The van der Waals surface area contributed by atoms with E-state index in [-0.39, 0.29) is 23.1 Å². The van der Waals surface area contributed by atoms with Gasteiger partial charge in [-0.2, -0.15) is 0 Å². The average molecular weight is 301 g/mol. The van der Waals surface area contributed by atoms with Crippen molar-refractivity contribution in [1.82, 2.24) is 0 Å². The molecule has 2 bridgehead atoms. The maximum absolute atomic E-state index is 12.5. The van der Waals surface area contributed by atoms with E-state index in [1.54, 1.807) is 12.1 Å². The lowest BCUT2D eigenvalue weighted by Gasteiger charge is -2.24. The van der Waals surface area contributed by atoms with Gasteiger partial charge in [-0.05, 0) is 30.4 Å². The van der Waals surface area contributed by atoms with Gasteiger partial charge in [-0.25, -0.2) is 4.79 Å². The van der Waals surface area contributed by atoms with E-state index in [1.165, 1.54) is 12.1 Å². The second-order valence-electron chi connectivity index (χ2n) is 5.68. The van der Waals surface area contributed by atoms with Crippen molar-refractivity contribution < 1.29 is 24.6 Å². The highest BCUT2D eigenvalue weighted by Gasteiger charge is 2.51. The summed E-state index contributed by atoms with van der Waals surface area (Å²) in [6, 6.07) is 6.09. The van der Waals surface area contributed by atoms with Crippen LogP contribution in [0.1, 0.15) is 16.8 Å². The van der Waals surface area contributed by atoms with E-state index in [9.17, 15) is 19.5 Å². The number of aliphatic carboxylic acids is 1. The van der Waals surface area contributed by atoms with E-state index in [1.807, 2.05) is 12.2 Å². The van der Waals surface area contributed by atoms with Crippen molar-refractivity contribution in [3.05, 3.63) is 42.0 Å². The number of fused-ring (bicyclic) bond motifs is 2. The Morgan fingerprint density at radius 2 is 1.64 bits per heavy atom. The SMILES string of the molecule is O=C(O)c1ccccc1NC(=O)[C@H]1[C@@H](C(=O)O)[C@H]2C=C[C@H]1C2. The van der Waals surface area contributed by atoms with Gasteiger partial charge in [0.1, 0.15) is 0 Å². The van der Waals surface area contributed by atoms with Crippen LogP contribution < -0.4 is 5.32 Å². The number of rotatable bonds is 4. The van der Waals surface area contributed by atoms with Gasteiger partial charge in [0.05, 0.1) is 23.1 Å². The number of nitrogens with one attached hydrogen (secondary N) is 1. The van der Waals surface area contributed by atoms with Gasteiger partial charge < -0.3 is 15.5 Å². The number of aromatic carboxylic acids is 1. The smallest absolute Gasteiger partial charge is 0.337 e. The number of carbonyl (C=O) groups is 3. The number of hydrogen-bond donors (Lipinski definition) is 3. The molecule has 0 saturated heterocycles. The van der Waals surface area contributed by atoms with Crippen molar-refractivity contribution in [1.29, 1.82) is 0 Å². The topological polar surface area (TPSA) is 104 Å². The maximum atomic E-state index is 12.5. The standard InChI is InChI=1S/C16H15NO5/c18-14(17-11-4-2-1-3-10(11)15(19)20)12-8-5-6-9(7-8)13(12)16(21)22/h1-6,8-9,12-13H,7H2,(H,17,18)(H,19,20)(H,21,22)/t8-,9-,12+,13-/m0/s1. The van der Waals surface area contributed by atoms with Crippen LogP contribution in [0.2, 0.25) is 0 Å². The third-order valence-electron chi connectivity index (χ3n) is 4.46. The predicted octanol–water partition coefficient (Wildman–Crippen LogP) is 1.85. The zero-order valence-electron chi connectivity index (χ0n) is 11.6. The first-order valence-corrected chi connectivity index (χ1v) is 7.03. The highest BCUT2D eigenvalue weighted by atomic mass is 16.4. The quantitative estimate of drug-likeness (QED) is 0.736. The second-order valence-corrected chi connectivity index (χ2v) is 5.68. The minimum absolute atomic E-state index is 0.0126. The number of hydrogen-bond acceptors (Lipinski definition) is 3. The molecule has 6 nitrogen and oxygen atoms in total. The summed E-state index contributed by atoms with van der Waals surface area (Å²) >= 11 is 0. The number of para-hydroxylation sites is 1. The van der Waals surface area contributed by atoms with Gasteiger partial charge in [0.25, 0.3) is 0 Å². The first kappa shape index (κ1) is 14.3. The Morgan fingerprint density at radius 3 is 2.27 bits per heavy atom. The van der Waals surface area contributed by atoms with E-state index in [0.717, 1.165) is 0 Å². The number of benzene rings is 1. The number of amides is 1. The molecule has 1 aromatic carbocycles. The molecule has 1 saturated carbocycles. The summed E-state index contributed by atoms with van der Waals surface area (Å²) in [5, 5.41) is 21.1. The molecule has 3 N–H and O–H groups in total. The fourth-order valence-electron chi connectivity index (χ4n) is 3.51. The van der Waals surface area contributed by atoms with Crippen molar-refractivity contribution >= 4 is 23.5 Å². The maximum Gasteiger partial charge on any atom is 0.337 e. The van der Waals surface area contributed by atoms with Gasteiger partial charge in [-0.3, -0.25) is 9.59 Å². The summed E-state index contributed by atoms with van der Waals surface area (Å²) in [5.41, 5.74) is 0.178. The van der Waals surface area contributed by atoms with E-state index < -0.39 is 29.7 Å². The van der Waals surface area contributed by atoms with E-state index in [2.05, 4.69) is 5.32 Å². The second kappa shape index (κ2) is 5.29. The summed E-state index contributed by atoms with van der Waals surface area (Å²) in [7, 11) is 0. The largest absolute Gasteiger partial charge is 0.481 e. The molecule has 6 heteroatoms. The molecule has 0 unspecified atom stereocenters. The molecule has 1 amide bonds. The molecule has 1 fully saturated rings. The predicted molar refractivity (Wildman–Crippen MR) is 77.4 cm³/mol. The Hall–Kier alpha value is -2.63. The Morgan fingerprint density at radius 1 is 1.00 bits per heavy atom. The third kappa shape index (κ3) is 2.26. The molecule has 0 spiro atoms. The number of carbonyl (C=O) groups excluding carboxylic acids is 1. The van der Waals surface area contributed by atoms with Gasteiger partial charge in [0, 0.05) is 0 Å². The molecule has 0 aromatic heterocycles. The fourth-order valence-corrected chi connectivity index (χ4v) is 3.51. The normalized spacial score (nSPS) is 28.5. The van der Waals surface area contributed by atoms with Crippen LogP contribution in [0.3, 0.4) is 0 Å². The molecule has 0 radical (unpaired) electrons. The Bertz CT molecular complexity index is 681. The fraction of sp³-hybridized carbons (Fsp3) is 0.312. The minimum Gasteiger partial charge on any atom is -0.481 e. The van der Waals surface area contributed by atoms with Crippen LogP contribution in [0.5, 0.6) is 0 Å². The summed E-state index contributed by atoms with van der Waals surface area (Å²) in [4.78, 5) is 35.1. The number of carboxylic acid groups (broad SMARTS) is 2. The monoisotopic (exact) mass is 301 g/mol. The van der Waals surface area contributed by atoms with Crippen LogP contribution in [0, 0.1) is 23.7 Å². The Labute approximate surface area is 126 Å². The molecule has 22 heavy (non-hydrogen) atoms. The van der Waals surface area contributed by atoms with Crippen molar-refractivity contribution in [2.75, 3.05) is 5.32 Å². The zero-order chi connectivity index (χ0) is 15.9. The molecule has 3 rings (SSSR count). The summed E-state index contributed by atoms with van der Waals surface area (Å²) in [6.07, 6.45) is 4.41. The minimum atomic E-state index is -1.14. The molecule has 0 aliphatic heterocycles. The average Bonchev–Trinajstić information content (AvgIpc) is 3.08. The van der Waals surface area contributed by atoms with E-state index in [0.29, 0.717) is 6.42 Å².